The quantitative estimate of drug-likeness (QED) is 0.812. The van der Waals surface area contributed by atoms with Crippen LogP contribution in [0, 0.1) is 0 Å². The van der Waals surface area contributed by atoms with Gasteiger partial charge in [0.15, 0.2) is 0 Å². The Labute approximate surface area is 120 Å². The zero-order valence-electron chi connectivity index (χ0n) is 8.56. The van der Waals surface area contributed by atoms with Crippen molar-refractivity contribution in [3.8, 4) is 5.69 Å². The van der Waals surface area contributed by atoms with Gasteiger partial charge in [0.2, 0.25) is 0 Å². The van der Waals surface area contributed by atoms with Gasteiger partial charge in [0.1, 0.15) is 6.33 Å². The van der Waals surface area contributed by atoms with E-state index in [1.807, 2.05) is 0 Å². The van der Waals surface area contributed by atoms with Crippen molar-refractivity contribution >= 4 is 46.8 Å². The van der Waals surface area contributed by atoms with E-state index >= 15 is 0 Å². The van der Waals surface area contributed by atoms with Gasteiger partial charge in [0.05, 0.1) is 17.6 Å². The largest absolute Gasteiger partial charge is 0.361 e. The van der Waals surface area contributed by atoms with E-state index < -0.39 is 9.61 Å². The van der Waals surface area contributed by atoms with Gasteiger partial charge >= 0.3 is 9.61 Å². The first kappa shape index (κ1) is 13.7. The molecule has 1 heterocycles. The third-order valence-electron chi connectivity index (χ3n) is 1.92. The highest BCUT2D eigenvalue weighted by molar-refractivity contribution is 8.01. The lowest BCUT2D eigenvalue weighted by Gasteiger charge is -2.05. The van der Waals surface area contributed by atoms with Gasteiger partial charge in [-0.15, -0.1) is 9.19 Å². The number of aromatic nitrogens is 3. The van der Waals surface area contributed by atoms with Gasteiger partial charge in [-0.05, 0) is 18.2 Å². The lowest BCUT2D eigenvalue weighted by Crippen LogP contribution is -2.22. The summed E-state index contributed by atoms with van der Waals surface area (Å²) in [5.41, 5.74) is -0.0847. The average Bonchev–Trinajstić information content (AvgIpc) is 2.58. The number of halogens is 4. The number of hydrogen-bond donors (Lipinski definition) is 0. The summed E-state index contributed by atoms with van der Waals surface area (Å²) >= 11 is 16.4. The van der Waals surface area contributed by atoms with E-state index in [0.717, 1.165) is 4.09 Å². The summed E-state index contributed by atoms with van der Waals surface area (Å²) in [5, 5.41) is 4.15. The van der Waals surface area contributed by atoms with Crippen LogP contribution in [0.3, 0.4) is 0 Å². The second kappa shape index (κ2) is 5.13. The van der Waals surface area contributed by atoms with E-state index in [1.54, 1.807) is 24.3 Å². The highest BCUT2D eigenvalue weighted by atomic mass is 35.5. The molecule has 0 unspecified atom stereocenters. The molecule has 0 bridgehead atoms. The minimum atomic E-state index is -2.63. The fourth-order valence-corrected chi connectivity index (χ4v) is 2.28. The molecule has 1 aromatic carbocycles. The molecule has 0 aliphatic carbocycles. The molecule has 1 aromatic heterocycles. The Morgan fingerprint density at radius 2 is 2.11 bits per heavy atom. The summed E-state index contributed by atoms with van der Waals surface area (Å²) in [6, 6.07) is 6.58. The first-order chi connectivity index (χ1) is 8.37. The summed E-state index contributed by atoms with van der Waals surface area (Å²) in [4.78, 5) is 11.9. The molecule has 0 aliphatic rings. The van der Waals surface area contributed by atoms with Crippen molar-refractivity contribution in [3.63, 3.8) is 0 Å². The fourth-order valence-electron chi connectivity index (χ4n) is 1.25. The Morgan fingerprint density at radius 3 is 2.72 bits per heavy atom. The van der Waals surface area contributed by atoms with Crippen molar-refractivity contribution in [2.75, 3.05) is 0 Å². The van der Waals surface area contributed by atoms with Crippen LogP contribution in [0.2, 0.25) is 5.02 Å². The summed E-state index contributed by atoms with van der Waals surface area (Å²) < 4.78 is 12.3. The van der Waals surface area contributed by atoms with Crippen LogP contribution in [-0.4, -0.2) is 17.7 Å². The van der Waals surface area contributed by atoms with E-state index in [0.29, 0.717) is 10.7 Å². The Kier molecular flexibility index (Phi) is 3.91. The smallest absolute Gasteiger partial charge is 0.249 e. The number of alkyl halides is 3. The Bertz CT molecular complexity index is 622. The van der Waals surface area contributed by atoms with Crippen LogP contribution in [0.5, 0.6) is 0 Å². The van der Waals surface area contributed by atoms with Gasteiger partial charge in [-0.25, -0.2) is 9.36 Å². The molecule has 4 nitrogen and oxygen atoms in total. The van der Waals surface area contributed by atoms with Crippen molar-refractivity contribution < 1.29 is 4.39 Å². The number of hydrogen-bond acceptors (Lipinski definition) is 3. The van der Waals surface area contributed by atoms with Crippen LogP contribution in [0.4, 0.5) is 4.39 Å². The van der Waals surface area contributed by atoms with Crippen molar-refractivity contribution in [1.29, 1.82) is 0 Å². The maximum Gasteiger partial charge on any atom is 0.361 e. The normalized spacial score (nSPS) is 11.8. The predicted octanol–water partition coefficient (Wildman–Crippen LogP) is 3.24. The summed E-state index contributed by atoms with van der Waals surface area (Å²) in [6.45, 7) is 0. The van der Waals surface area contributed by atoms with Crippen LogP contribution < -0.4 is 5.69 Å². The van der Waals surface area contributed by atoms with Crippen LogP contribution in [-0.2, 0) is 0 Å². The molecule has 2 rings (SSSR count). The highest BCUT2D eigenvalue weighted by Crippen LogP contribution is 2.35. The first-order valence-corrected chi connectivity index (χ1v) is 6.46. The molecule has 9 heteroatoms. The zero-order valence-corrected chi connectivity index (χ0v) is 11.6. The molecular weight excluding hydrogens is 324 g/mol. The molecule has 96 valence electrons. The van der Waals surface area contributed by atoms with Gasteiger partial charge in [0.25, 0.3) is 0 Å². The Balaban J connectivity index is 2.40. The van der Waals surface area contributed by atoms with Gasteiger partial charge in [-0.3, -0.25) is 0 Å². The molecule has 0 saturated heterocycles. The molecule has 0 N–H and O–H groups in total. The molecule has 2 aromatic rings. The number of benzene rings is 1. The van der Waals surface area contributed by atoms with Crippen molar-refractivity contribution in [2.45, 2.75) is 3.92 Å². The monoisotopic (exact) mass is 327 g/mol. The SMILES string of the molecule is O=c1n(-c2cccc(Cl)c2)cnn1SC(F)(Cl)Cl. The van der Waals surface area contributed by atoms with Gasteiger partial charge < -0.3 is 0 Å². The topological polar surface area (TPSA) is 39.8 Å². The average molecular weight is 329 g/mol. The molecule has 0 radical (unpaired) electrons. The Hall–Kier alpha value is -0.690. The summed E-state index contributed by atoms with van der Waals surface area (Å²) in [5.74, 6) is 0. The predicted molar refractivity (Wildman–Crippen MR) is 71.4 cm³/mol. The van der Waals surface area contributed by atoms with E-state index in [4.69, 9.17) is 34.8 Å². The van der Waals surface area contributed by atoms with Crippen LogP contribution in [0.15, 0.2) is 35.4 Å². The second-order valence-corrected chi connectivity index (χ2v) is 6.38. The van der Waals surface area contributed by atoms with Gasteiger partial charge in [-0.1, -0.05) is 40.9 Å². The van der Waals surface area contributed by atoms with E-state index in [-0.39, 0.29) is 11.9 Å². The maximum atomic E-state index is 13.0. The highest BCUT2D eigenvalue weighted by Gasteiger charge is 2.27. The summed E-state index contributed by atoms with van der Waals surface area (Å²) in [7, 11) is 0. The minimum absolute atomic E-state index is 0.250. The van der Waals surface area contributed by atoms with Crippen LogP contribution in [0.25, 0.3) is 5.69 Å². The molecule has 0 fully saturated rings. The lowest BCUT2D eigenvalue weighted by atomic mass is 10.3. The number of rotatable bonds is 3. The van der Waals surface area contributed by atoms with Crippen molar-refractivity contribution in [1.82, 2.24) is 13.8 Å². The lowest BCUT2D eigenvalue weighted by molar-refractivity contribution is 0.513. The maximum absolute atomic E-state index is 13.0. The standard InChI is InChI=1S/C9H5Cl3FN3OS/c10-6-2-1-3-7(4-6)15-5-14-16(8(15)17)18-9(11,12)13/h1-5H. The van der Waals surface area contributed by atoms with E-state index in [2.05, 4.69) is 5.10 Å². The van der Waals surface area contributed by atoms with Crippen molar-refractivity contribution in [3.05, 3.63) is 46.1 Å². The Morgan fingerprint density at radius 1 is 1.39 bits per heavy atom. The van der Waals surface area contributed by atoms with Crippen molar-refractivity contribution in [2.24, 2.45) is 0 Å². The second-order valence-electron chi connectivity index (χ2n) is 3.17. The van der Waals surface area contributed by atoms with Gasteiger partial charge in [0, 0.05) is 5.02 Å². The molecule has 0 spiro atoms. The molecule has 0 aliphatic heterocycles. The molecule has 18 heavy (non-hydrogen) atoms. The number of nitrogens with zero attached hydrogens (tertiary/aromatic N) is 3. The van der Waals surface area contributed by atoms with E-state index in [1.165, 1.54) is 10.9 Å². The molecular formula is C9H5Cl3FN3OS. The van der Waals surface area contributed by atoms with E-state index in [9.17, 15) is 9.18 Å². The molecule has 0 amide bonds. The minimum Gasteiger partial charge on any atom is -0.249 e. The summed E-state index contributed by atoms with van der Waals surface area (Å²) in [6.07, 6.45) is 1.22. The van der Waals surface area contributed by atoms with Crippen LogP contribution >= 0.6 is 46.8 Å². The third-order valence-corrected chi connectivity index (χ3v) is 3.20. The van der Waals surface area contributed by atoms with Gasteiger partial charge in [-0.2, -0.15) is 4.39 Å². The molecule has 0 saturated carbocycles. The third kappa shape index (κ3) is 3.20. The fraction of sp³-hybridized carbons (Fsp3) is 0.111. The first-order valence-electron chi connectivity index (χ1n) is 4.56. The van der Waals surface area contributed by atoms with Crippen LogP contribution in [0.1, 0.15) is 0 Å². The molecule has 0 atom stereocenters. The zero-order chi connectivity index (χ0) is 13.3.